The molecule has 0 bridgehead atoms. The summed E-state index contributed by atoms with van der Waals surface area (Å²) in [5, 5.41) is 4.34. The van der Waals surface area contributed by atoms with Gasteiger partial charge in [0.05, 0.1) is 6.54 Å². The molecule has 0 saturated heterocycles. The molecule has 0 radical (unpaired) electrons. The third-order valence-corrected chi connectivity index (χ3v) is 3.16. The zero-order valence-electron chi connectivity index (χ0n) is 11.3. The van der Waals surface area contributed by atoms with Crippen LogP contribution in [0.15, 0.2) is 55.3 Å². The number of carbonyl (C=O) groups is 1. The average Bonchev–Trinajstić information content (AvgIpc) is 2.87. The first kappa shape index (κ1) is 13.3. The van der Waals surface area contributed by atoms with E-state index < -0.39 is 5.41 Å². The lowest BCUT2D eigenvalue weighted by Crippen LogP contribution is -2.22. The van der Waals surface area contributed by atoms with Gasteiger partial charge in [0.25, 0.3) is 0 Å². The van der Waals surface area contributed by atoms with Crippen LogP contribution >= 0.6 is 0 Å². The Labute approximate surface area is 113 Å². The van der Waals surface area contributed by atoms with Crippen molar-refractivity contribution in [3.05, 3.63) is 66.5 Å². The molecule has 3 heteroatoms. The minimum Gasteiger partial charge on any atom is -0.291 e. The lowest BCUT2D eigenvalue weighted by Gasteiger charge is -2.15. The van der Waals surface area contributed by atoms with E-state index in [9.17, 15) is 4.79 Å². The number of ketones is 1. The van der Waals surface area contributed by atoms with Gasteiger partial charge in [-0.05, 0) is 25.5 Å². The molecule has 19 heavy (non-hydrogen) atoms. The van der Waals surface area contributed by atoms with Crippen LogP contribution in [0.2, 0.25) is 0 Å². The number of rotatable bonds is 5. The summed E-state index contributed by atoms with van der Waals surface area (Å²) in [5.41, 5.74) is 1.07. The number of hydrogen-bond donors (Lipinski definition) is 0. The van der Waals surface area contributed by atoms with Gasteiger partial charge in [0.15, 0.2) is 5.78 Å². The van der Waals surface area contributed by atoms with Gasteiger partial charge in [-0.2, -0.15) is 5.10 Å². The highest BCUT2D eigenvalue weighted by molar-refractivity contribution is 5.99. The maximum Gasteiger partial charge on any atom is 0.192 e. The summed E-state index contributed by atoms with van der Waals surface area (Å²) < 4.78 is 1.78. The molecule has 2 rings (SSSR count). The number of hydrogen-bond acceptors (Lipinski definition) is 2. The van der Waals surface area contributed by atoms with Gasteiger partial charge in [0.1, 0.15) is 5.69 Å². The van der Waals surface area contributed by atoms with E-state index in [1.54, 1.807) is 16.8 Å². The number of allylic oxidation sites excluding steroid dienone is 1. The van der Waals surface area contributed by atoms with E-state index in [2.05, 4.69) is 11.7 Å². The molecule has 0 spiro atoms. The fourth-order valence-corrected chi connectivity index (χ4v) is 1.76. The Morgan fingerprint density at radius 1 is 1.32 bits per heavy atom. The smallest absolute Gasteiger partial charge is 0.192 e. The molecule has 0 unspecified atom stereocenters. The van der Waals surface area contributed by atoms with Crippen LogP contribution in [0, 0.1) is 5.41 Å². The second-order valence-corrected chi connectivity index (χ2v) is 5.14. The number of nitrogens with zero attached hydrogens (tertiary/aromatic N) is 2. The number of aromatic nitrogens is 2. The van der Waals surface area contributed by atoms with Crippen LogP contribution in [0.4, 0.5) is 0 Å². The fourth-order valence-electron chi connectivity index (χ4n) is 1.76. The molecule has 98 valence electrons. The largest absolute Gasteiger partial charge is 0.291 e. The molecule has 0 aliphatic carbocycles. The van der Waals surface area contributed by atoms with E-state index in [-0.39, 0.29) is 5.78 Å². The summed E-state index contributed by atoms with van der Waals surface area (Å²) in [6.07, 6.45) is 3.49. The first-order chi connectivity index (χ1) is 9.03. The molecule has 0 saturated carbocycles. The minimum absolute atomic E-state index is 0.00527. The summed E-state index contributed by atoms with van der Waals surface area (Å²) >= 11 is 0. The molecule has 0 fully saturated rings. The maximum atomic E-state index is 12.2. The minimum atomic E-state index is -0.577. The summed E-state index contributed by atoms with van der Waals surface area (Å²) in [4.78, 5) is 12.2. The standard InChI is InChI=1S/C16H18N2O/c1-4-16(2,3)15(19)14-10-11-18(17-14)12-13-8-6-5-7-9-13/h4-11H,1,12H2,2-3H3. The van der Waals surface area contributed by atoms with Crippen LogP contribution in [0.25, 0.3) is 0 Å². The van der Waals surface area contributed by atoms with E-state index in [1.165, 1.54) is 0 Å². The average molecular weight is 254 g/mol. The van der Waals surface area contributed by atoms with Gasteiger partial charge < -0.3 is 0 Å². The van der Waals surface area contributed by atoms with E-state index in [0.29, 0.717) is 12.2 Å². The van der Waals surface area contributed by atoms with Gasteiger partial charge in [-0.25, -0.2) is 0 Å². The van der Waals surface area contributed by atoms with Crippen LogP contribution in [-0.4, -0.2) is 15.6 Å². The van der Waals surface area contributed by atoms with Crippen LogP contribution in [0.1, 0.15) is 29.9 Å². The molecule has 0 N–H and O–H groups in total. The third kappa shape index (κ3) is 2.99. The van der Waals surface area contributed by atoms with Crippen LogP contribution in [-0.2, 0) is 6.54 Å². The Morgan fingerprint density at radius 3 is 2.63 bits per heavy atom. The van der Waals surface area contributed by atoms with Crippen molar-refractivity contribution < 1.29 is 4.79 Å². The Bertz CT molecular complexity index is 582. The highest BCUT2D eigenvalue weighted by atomic mass is 16.1. The van der Waals surface area contributed by atoms with Crippen molar-refractivity contribution in [2.24, 2.45) is 5.41 Å². The van der Waals surface area contributed by atoms with E-state index in [0.717, 1.165) is 5.56 Å². The molecule has 2 aromatic rings. The quantitative estimate of drug-likeness (QED) is 0.606. The Balaban J connectivity index is 2.16. The van der Waals surface area contributed by atoms with Crippen molar-refractivity contribution in [2.75, 3.05) is 0 Å². The van der Waals surface area contributed by atoms with Crippen molar-refractivity contribution in [1.82, 2.24) is 9.78 Å². The Hall–Kier alpha value is -2.16. The predicted molar refractivity (Wildman–Crippen MR) is 76.1 cm³/mol. The fraction of sp³-hybridized carbons (Fsp3) is 0.250. The van der Waals surface area contributed by atoms with E-state index in [1.807, 2.05) is 50.4 Å². The number of Topliss-reactive ketones (excluding diaryl/α,β-unsaturated/α-hetero) is 1. The first-order valence-electron chi connectivity index (χ1n) is 6.29. The van der Waals surface area contributed by atoms with Gasteiger partial charge in [-0.15, -0.1) is 6.58 Å². The lowest BCUT2D eigenvalue weighted by molar-refractivity contribution is 0.0879. The third-order valence-electron chi connectivity index (χ3n) is 3.16. The maximum absolute atomic E-state index is 12.2. The second kappa shape index (κ2) is 5.22. The van der Waals surface area contributed by atoms with Crippen molar-refractivity contribution in [1.29, 1.82) is 0 Å². The van der Waals surface area contributed by atoms with Crippen LogP contribution < -0.4 is 0 Å². The van der Waals surface area contributed by atoms with Gasteiger partial charge in [-0.3, -0.25) is 9.48 Å². The van der Waals surface area contributed by atoms with Crippen LogP contribution in [0.3, 0.4) is 0 Å². The zero-order valence-corrected chi connectivity index (χ0v) is 11.3. The molecular weight excluding hydrogens is 236 g/mol. The van der Waals surface area contributed by atoms with Crippen molar-refractivity contribution in [2.45, 2.75) is 20.4 Å². The van der Waals surface area contributed by atoms with Crippen molar-refractivity contribution in [3.8, 4) is 0 Å². The molecule has 0 aliphatic heterocycles. The van der Waals surface area contributed by atoms with Crippen LogP contribution in [0.5, 0.6) is 0 Å². The molecule has 0 amide bonds. The molecular formula is C16H18N2O. The van der Waals surface area contributed by atoms with Gasteiger partial charge in [0.2, 0.25) is 0 Å². The SMILES string of the molecule is C=CC(C)(C)C(=O)c1ccn(Cc2ccccc2)n1. The number of carbonyl (C=O) groups excluding carboxylic acids is 1. The molecule has 1 aromatic heterocycles. The molecule has 1 aromatic carbocycles. The monoisotopic (exact) mass is 254 g/mol. The molecule has 0 atom stereocenters. The Kier molecular flexibility index (Phi) is 3.65. The highest BCUT2D eigenvalue weighted by Gasteiger charge is 2.26. The molecule has 1 heterocycles. The number of benzene rings is 1. The van der Waals surface area contributed by atoms with E-state index in [4.69, 9.17) is 0 Å². The molecule has 3 nitrogen and oxygen atoms in total. The van der Waals surface area contributed by atoms with Gasteiger partial charge in [-0.1, -0.05) is 36.4 Å². The highest BCUT2D eigenvalue weighted by Crippen LogP contribution is 2.21. The second-order valence-electron chi connectivity index (χ2n) is 5.14. The first-order valence-corrected chi connectivity index (χ1v) is 6.29. The summed E-state index contributed by atoms with van der Waals surface area (Å²) in [6.45, 7) is 8.06. The van der Waals surface area contributed by atoms with E-state index >= 15 is 0 Å². The van der Waals surface area contributed by atoms with Crippen molar-refractivity contribution in [3.63, 3.8) is 0 Å². The van der Waals surface area contributed by atoms with Gasteiger partial charge in [0, 0.05) is 11.6 Å². The molecule has 0 aliphatic rings. The van der Waals surface area contributed by atoms with Crippen molar-refractivity contribution >= 4 is 5.78 Å². The lowest BCUT2D eigenvalue weighted by atomic mass is 9.87. The summed E-state index contributed by atoms with van der Waals surface area (Å²) in [6, 6.07) is 11.8. The zero-order chi connectivity index (χ0) is 13.9. The Morgan fingerprint density at radius 2 is 2.00 bits per heavy atom. The summed E-state index contributed by atoms with van der Waals surface area (Å²) in [5.74, 6) is -0.00527. The topological polar surface area (TPSA) is 34.9 Å². The summed E-state index contributed by atoms with van der Waals surface area (Å²) in [7, 11) is 0. The normalized spacial score (nSPS) is 11.3. The predicted octanol–water partition coefficient (Wildman–Crippen LogP) is 3.33. The van der Waals surface area contributed by atoms with Gasteiger partial charge >= 0.3 is 0 Å².